The van der Waals surface area contributed by atoms with Crippen LogP contribution in [0.3, 0.4) is 0 Å². The van der Waals surface area contributed by atoms with Gasteiger partial charge in [0.2, 0.25) is 11.8 Å². The van der Waals surface area contributed by atoms with E-state index in [0.717, 1.165) is 39.0 Å². The van der Waals surface area contributed by atoms with Crippen molar-refractivity contribution in [2.45, 2.75) is 57.7 Å². The molecule has 1 aromatic rings. The maximum absolute atomic E-state index is 12.7. The van der Waals surface area contributed by atoms with Crippen LogP contribution in [0, 0.1) is 12.8 Å². The summed E-state index contributed by atoms with van der Waals surface area (Å²) in [5.41, 5.74) is 2.46. The molecule has 6 heteroatoms. The van der Waals surface area contributed by atoms with Gasteiger partial charge in [-0.25, -0.2) is 0 Å². The second-order valence-corrected chi connectivity index (χ2v) is 9.06. The number of piperazine rings is 1. The second kappa shape index (κ2) is 8.84. The number of rotatable bonds is 8. The summed E-state index contributed by atoms with van der Waals surface area (Å²) in [6.45, 7) is 7.82. The van der Waals surface area contributed by atoms with E-state index in [1.807, 2.05) is 6.92 Å². The molecule has 3 aliphatic rings. The lowest BCUT2D eigenvalue weighted by atomic mass is 10.0. The smallest absolute Gasteiger partial charge is 0.237 e. The van der Waals surface area contributed by atoms with Crippen LogP contribution in [-0.4, -0.2) is 66.4 Å². The quantitative estimate of drug-likeness (QED) is 0.701. The van der Waals surface area contributed by atoms with Crippen LogP contribution in [0.25, 0.3) is 0 Å². The molecule has 29 heavy (non-hydrogen) atoms. The van der Waals surface area contributed by atoms with Crippen molar-refractivity contribution in [3.8, 4) is 0 Å². The van der Waals surface area contributed by atoms with Gasteiger partial charge in [-0.1, -0.05) is 29.8 Å². The Labute approximate surface area is 174 Å². The third-order valence-electron chi connectivity index (χ3n) is 6.47. The normalized spacial score (nSPS) is 22.7. The van der Waals surface area contributed by atoms with E-state index in [0.29, 0.717) is 18.5 Å². The Morgan fingerprint density at radius 2 is 1.69 bits per heavy atom. The molecule has 158 valence electrons. The van der Waals surface area contributed by atoms with E-state index < -0.39 is 0 Å². The van der Waals surface area contributed by atoms with Crippen molar-refractivity contribution < 1.29 is 9.59 Å². The number of benzene rings is 1. The highest BCUT2D eigenvalue weighted by Crippen LogP contribution is 2.41. The first-order valence-corrected chi connectivity index (χ1v) is 11.1. The van der Waals surface area contributed by atoms with Crippen LogP contribution in [0.2, 0.25) is 0 Å². The Bertz CT molecular complexity index is 719. The molecule has 2 saturated carbocycles. The molecule has 2 amide bonds. The fraction of sp³-hybridized carbons (Fsp3) is 0.652. The zero-order valence-corrected chi connectivity index (χ0v) is 17.7. The molecule has 1 saturated heterocycles. The summed E-state index contributed by atoms with van der Waals surface area (Å²) in [5.74, 6) is 0.823. The maximum Gasteiger partial charge on any atom is 0.237 e. The average molecular weight is 399 g/mol. The third-order valence-corrected chi connectivity index (χ3v) is 6.47. The van der Waals surface area contributed by atoms with Crippen molar-refractivity contribution in [2.75, 3.05) is 32.7 Å². The highest BCUT2D eigenvalue weighted by molar-refractivity contribution is 5.82. The third kappa shape index (κ3) is 5.58. The number of hydrogen-bond acceptors (Lipinski definition) is 4. The molecule has 2 atom stereocenters. The number of aryl methyl sites for hydroxylation is 1. The maximum atomic E-state index is 12.7. The SMILES string of the molecule is Cc1ccc(C(NC(=O)CN2CCN(C(C)C(=O)NC3CC3)CC2)C2CC2)cc1. The minimum atomic E-state index is -0.0904. The molecule has 2 aliphatic carbocycles. The minimum Gasteiger partial charge on any atom is -0.352 e. The Balaban J connectivity index is 1.23. The van der Waals surface area contributed by atoms with Gasteiger partial charge >= 0.3 is 0 Å². The molecule has 4 rings (SSSR count). The van der Waals surface area contributed by atoms with Crippen molar-refractivity contribution in [3.05, 3.63) is 35.4 Å². The lowest BCUT2D eigenvalue weighted by Gasteiger charge is -2.37. The van der Waals surface area contributed by atoms with Gasteiger partial charge in [-0.3, -0.25) is 19.4 Å². The van der Waals surface area contributed by atoms with Gasteiger partial charge in [-0.2, -0.15) is 0 Å². The summed E-state index contributed by atoms with van der Waals surface area (Å²) in [7, 11) is 0. The number of hydrogen-bond donors (Lipinski definition) is 2. The molecular formula is C23H34N4O2. The largest absolute Gasteiger partial charge is 0.352 e. The lowest BCUT2D eigenvalue weighted by Crippen LogP contribution is -2.55. The molecular weight excluding hydrogens is 364 g/mol. The predicted molar refractivity (Wildman–Crippen MR) is 113 cm³/mol. The zero-order valence-electron chi connectivity index (χ0n) is 17.7. The Morgan fingerprint density at radius 1 is 1.03 bits per heavy atom. The van der Waals surface area contributed by atoms with Crippen LogP contribution in [0.15, 0.2) is 24.3 Å². The van der Waals surface area contributed by atoms with Crippen molar-refractivity contribution in [3.63, 3.8) is 0 Å². The lowest BCUT2D eigenvalue weighted by molar-refractivity contribution is -0.128. The molecule has 3 fully saturated rings. The van der Waals surface area contributed by atoms with Gasteiger partial charge in [-0.05, 0) is 51.0 Å². The van der Waals surface area contributed by atoms with Gasteiger partial charge in [0, 0.05) is 32.2 Å². The van der Waals surface area contributed by atoms with Crippen LogP contribution in [-0.2, 0) is 9.59 Å². The monoisotopic (exact) mass is 398 g/mol. The van der Waals surface area contributed by atoms with E-state index in [1.54, 1.807) is 0 Å². The highest BCUT2D eigenvalue weighted by Gasteiger charge is 2.34. The van der Waals surface area contributed by atoms with Gasteiger partial charge in [0.25, 0.3) is 0 Å². The molecule has 1 aromatic carbocycles. The van der Waals surface area contributed by atoms with Crippen LogP contribution in [0.5, 0.6) is 0 Å². The first-order chi connectivity index (χ1) is 14.0. The van der Waals surface area contributed by atoms with E-state index in [9.17, 15) is 9.59 Å². The van der Waals surface area contributed by atoms with Crippen LogP contribution in [0.4, 0.5) is 0 Å². The average Bonchev–Trinajstić information content (AvgIpc) is 3.61. The van der Waals surface area contributed by atoms with Crippen LogP contribution in [0.1, 0.15) is 49.8 Å². The highest BCUT2D eigenvalue weighted by atomic mass is 16.2. The molecule has 0 spiro atoms. The summed E-state index contributed by atoms with van der Waals surface area (Å²) in [6, 6.07) is 8.98. The number of amides is 2. The number of nitrogens with zero attached hydrogens (tertiary/aromatic N) is 2. The first-order valence-electron chi connectivity index (χ1n) is 11.1. The van der Waals surface area contributed by atoms with E-state index in [4.69, 9.17) is 0 Å². The van der Waals surface area contributed by atoms with E-state index in [1.165, 1.54) is 24.0 Å². The Hall–Kier alpha value is -1.92. The molecule has 1 heterocycles. The molecule has 0 radical (unpaired) electrons. The van der Waals surface area contributed by atoms with Crippen LogP contribution >= 0.6 is 0 Å². The summed E-state index contributed by atoms with van der Waals surface area (Å²) in [5, 5.41) is 6.38. The molecule has 1 aliphatic heterocycles. The minimum absolute atomic E-state index is 0.0904. The molecule has 6 nitrogen and oxygen atoms in total. The number of carbonyl (C=O) groups is 2. The summed E-state index contributed by atoms with van der Waals surface area (Å²) in [4.78, 5) is 29.4. The molecule has 2 unspecified atom stereocenters. The van der Waals surface area contributed by atoms with Gasteiger partial charge in [-0.15, -0.1) is 0 Å². The van der Waals surface area contributed by atoms with Crippen molar-refractivity contribution in [1.82, 2.24) is 20.4 Å². The first kappa shape index (κ1) is 20.4. The Kier molecular flexibility index (Phi) is 6.20. The Morgan fingerprint density at radius 3 is 2.28 bits per heavy atom. The summed E-state index contributed by atoms with van der Waals surface area (Å²) >= 11 is 0. The van der Waals surface area contributed by atoms with E-state index in [2.05, 4.69) is 51.6 Å². The zero-order chi connectivity index (χ0) is 20.4. The van der Waals surface area contributed by atoms with E-state index in [-0.39, 0.29) is 23.9 Å². The fourth-order valence-corrected chi connectivity index (χ4v) is 4.12. The fourth-order valence-electron chi connectivity index (χ4n) is 4.12. The van der Waals surface area contributed by atoms with E-state index >= 15 is 0 Å². The number of nitrogens with one attached hydrogen (secondary N) is 2. The second-order valence-electron chi connectivity index (χ2n) is 9.06. The summed E-state index contributed by atoms with van der Waals surface area (Å²) < 4.78 is 0. The predicted octanol–water partition coefficient (Wildman–Crippen LogP) is 1.85. The molecule has 2 N–H and O–H groups in total. The number of carbonyl (C=O) groups excluding carboxylic acids is 2. The van der Waals surface area contributed by atoms with Crippen molar-refractivity contribution in [2.24, 2.45) is 5.92 Å². The van der Waals surface area contributed by atoms with Gasteiger partial charge < -0.3 is 10.6 Å². The molecule has 0 bridgehead atoms. The van der Waals surface area contributed by atoms with Crippen LogP contribution < -0.4 is 10.6 Å². The van der Waals surface area contributed by atoms with Gasteiger partial charge in [0.05, 0.1) is 18.6 Å². The molecule has 0 aromatic heterocycles. The van der Waals surface area contributed by atoms with Crippen molar-refractivity contribution >= 4 is 11.8 Å². The van der Waals surface area contributed by atoms with Gasteiger partial charge in [0.15, 0.2) is 0 Å². The topological polar surface area (TPSA) is 64.7 Å². The summed E-state index contributed by atoms with van der Waals surface area (Å²) in [6.07, 6.45) is 4.62. The van der Waals surface area contributed by atoms with Crippen molar-refractivity contribution in [1.29, 1.82) is 0 Å². The van der Waals surface area contributed by atoms with Gasteiger partial charge in [0.1, 0.15) is 0 Å². The standard InChI is InChI=1S/C23H34N4O2/c1-16-3-5-18(6-4-16)22(19-7-8-19)25-21(28)15-26-11-13-27(14-12-26)17(2)23(29)24-20-9-10-20/h3-6,17,19-20,22H,7-15H2,1-2H3,(H,24,29)(H,25,28).